The first-order valence-electron chi connectivity index (χ1n) is 11.4. The molecule has 4 saturated carbocycles. The predicted molar refractivity (Wildman–Crippen MR) is 119 cm³/mol. The lowest BCUT2D eigenvalue weighted by atomic mass is 9.49. The summed E-state index contributed by atoms with van der Waals surface area (Å²) in [6, 6.07) is 12.2. The number of hydrogen-bond donors (Lipinski definition) is 1. The third kappa shape index (κ3) is 3.13. The van der Waals surface area contributed by atoms with Crippen molar-refractivity contribution in [1.29, 1.82) is 0 Å². The molecule has 7 rings (SSSR count). The minimum absolute atomic E-state index is 0.181. The Kier molecular flexibility index (Phi) is 4.06. The van der Waals surface area contributed by atoms with Crippen molar-refractivity contribution in [1.82, 2.24) is 9.38 Å². The van der Waals surface area contributed by atoms with Crippen LogP contribution in [0.5, 0.6) is 0 Å². The van der Waals surface area contributed by atoms with Gasteiger partial charge in [0.2, 0.25) is 5.91 Å². The first-order chi connectivity index (χ1) is 14.6. The number of aromatic nitrogens is 2. The summed E-state index contributed by atoms with van der Waals surface area (Å²) in [6.07, 6.45) is 12.8. The quantitative estimate of drug-likeness (QED) is 0.598. The van der Waals surface area contributed by atoms with Gasteiger partial charge in [0.15, 0.2) is 0 Å². The van der Waals surface area contributed by atoms with Crippen molar-refractivity contribution < 1.29 is 4.79 Å². The van der Waals surface area contributed by atoms with E-state index in [9.17, 15) is 4.79 Å². The Morgan fingerprint density at radius 2 is 1.83 bits per heavy atom. The number of carbonyl (C=O) groups excluding carboxylic acids is 1. The standard InChI is InChI=1S/C26H29N3O/c1-17-4-3-7-29-16-23(28-25(17)29)21-5-2-6-22(11-21)27-24(30)15-26-12-18-8-19(13-26)10-20(9-18)14-26/h2-7,11,16,18-20H,8-10,12-15H2,1H3,(H,27,30). The molecule has 0 aliphatic heterocycles. The van der Waals surface area contributed by atoms with Gasteiger partial charge in [0.25, 0.3) is 0 Å². The summed E-state index contributed by atoms with van der Waals surface area (Å²) in [4.78, 5) is 17.8. The number of anilines is 1. The minimum Gasteiger partial charge on any atom is -0.326 e. The van der Waals surface area contributed by atoms with Crippen molar-refractivity contribution in [2.45, 2.75) is 51.9 Å². The summed E-state index contributed by atoms with van der Waals surface area (Å²) in [7, 11) is 0. The van der Waals surface area contributed by atoms with E-state index in [1.54, 1.807) is 0 Å². The van der Waals surface area contributed by atoms with E-state index < -0.39 is 0 Å². The van der Waals surface area contributed by atoms with Crippen LogP contribution in [0.15, 0.2) is 48.8 Å². The van der Waals surface area contributed by atoms with Crippen LogP contribution in [-0.2, 0) is 4.79 Å². The van der Waals surface area contributed by atoms with Crippen molar-refractivity contribution >= 4 is 17.2 Å². The average Bonchev–Trinajstić information content (AvgIpc) is 3.12. The van der Waals surface area contributed by atoms with Crippen LogP contribution in [0.25, 0.3) is 16.9 Å². The topological polar surface area (TPSA) is 46.4 Å². The highest BCUT2D eigenvalue weighted by atomic mass is 16.1. The molecule has 4 nitrogen and oxygen atoms in total. The van der Waals surface area contributed by atoms with Crippen molar-refractivity contribution in [2.75, 3.05) is 5.32 Å². The van der Waals surface area contributed by atoms with Crippen LogP contribution in [0.1, 0.15) is 50.5 Å². The third-order valence-electron chi connectivity index (χ3n) is 7.82. The lowest BCUT2D eigenvalue weighted by Gasteiger charge is -2.56. The Morgan fingerprint density at radius 1 is 1.10 bits per heavy atom. The van der Waals surface area contributed by atoms with Crippen LogP contribution in [0.2, 0.25) is 0 Å². The molecule has 1 aromatic carbocycles. The van der Waals surface area contributed by atoms with Crippen molar-refractivity contribution in [3.63, 3.8) is 0 Å². The highest BCUT2D eigenvalue weighted by Gasteiger charge is 2.51. The molecule has 154 valence electrons. The van der Waals surface area contributed by atoms with Crippen molar-refractivity contribution in [2.24, 2.45) is 23.2 Å². The zero-order valence-corrected chi connectivity index (χ0v) is 17.6. The van der Waals surface area contributed by atoms with Gasteiger partial charge < -0.3 is 9.72 Å². The first-order valence-corrected chi connectivity index (χ1v) is 11.4. The number of fused-ring (bicyclic) bond motifs is 1. The maximum Gasteiger partial charge on any atom is 0.224 e. The fraction of sp³-hybridized carbons (Fsp3) is 0.462. The molecule has 30 heavy (non-hydrogen) atoms. The summed E-state index contributed by atoms with van der Waals surface area (Å²) in [5.41, 5.74) is 5.24. The lowest BCUT2D eigenvalue weighted by Crippen LogP contribution is -2.47. The van der Waals surface area contributed by atoms with Gasteiger partial charge in [-0.25, -0.2) is 4.98 Å². The number of rotatable bonds is 4. The Bertz CT molecular complexity index is 1090. The second kappa shape index (κ2) is 6.69. The maximum atomic E-state index is 13.0. The Morgan fingerprint density at radius 3 is 2.53 bits per heavy atom. The minimum atomic E-state index is 0.181. The molecule has 4 aliphatic rings. The molecular formula is C26H29N3O. The zero-order chi connectivity index (χ0) is 20.3. The SMILES string of the molecule is Cc1cccn2cc(-c3cccc(NC(=O)CC45CC6CC(CC(C6)C4)C5)c3)nc12. The molecule has 0 atom stereocenters. The summed E-state index contributed by atoms with van der Waals surface area (Å²) < 4.78 is 2.06. The molecule has 2 aromatic heterocycles. The number of aryl methyl sites for hydroxylation is 1. The van der Waals surface area contributed by atoms with Crippen LogP contribution >= 0.6 is 0 Å². The van der Waals surface area contributed by atoms with Crippen LogP contribution in [0.3, 0.4) is 0 Å². The molecule has 1 amide bonds. The molecule has 4 aliphatic carbocycles. The van der Waals surface area contributed by atoms with Gasteiger partial charge in [0, 0.05) is 30.1 Å². The molecule has 3 aromatic rings. The molecule has 1 N–H and O–H groups in total. The Hall–Kier alpha value is -2.62. The van der Waals surface area contributed by atoms with Crippen LogP contribution in [0, 0.1) is 30.1 Å². The van der Waals surface area contributed by atoms with E-state index in [1.807, 2.05) is 24.4 Å². The molecule has 0 unspecified atom stereocenters. The number of nitrogens with one attached hydrogen (secondary N) is 1. The summed E-state index contributed by atoms with van der Waals surface area (Å²) in [5, 5.41) is 3.20. The highest BCUT2D eigenvalue weighted by molar-refractivity contribution is 5.92. The molecule has 0 radical (unpaired) electrons. The monoisotopic (exact) mass is 399 g/mol. The van der Waals surface area contributed by atoms with Gasteiger partial charge >= 0.3 is 0 Å². The van der Waals surface area contributed by atoms with Gasteiger partial charge in [-0.3, -0.25) is 4.79 Å². The van der Waals surface area contributed by atoms with Gasteiger partial charge in [-0.2, -0.15) is 0 Å². The molecule has 0 spiro atoms. The summed E-state index contributed by atoms with van der Waals surface area (Å²) in [6.45, 7) is 2.08. The fourth-order valence-electron chi connectivity index (χ4n) is 7.10. The van der Waals surface area contributed by atoms with E-state index in [1.165, 1.54) is 38.5 Å². The first kappa shape index (κ1) is 18.2. The number of pyridine rings is 1. The normalized spacial score (nSPS) is 29.4. The van der Waals surface area contributed by atoms with E-state index >= 15 is 0 Å². The highest BCUT2D eigenvalue weighted by Crippen LogP contribution is 2.61. The number of benzene rings is 1. The molecule has 0 saturated heterocycles. The van der Waals surface area contributed by atoms with E-state index in [2.05, 4.69) is 41.0 Å². The van der Waals surface area contributed by atoms with Crippen LogP contribution in [-0.4, -0.2) is 15.3 Å². The van der Waals surface area contributed by atoms with Gasteiger partial charge in [-0.15, -0.1) is 0 Å². The number of carbonyl (C=O) groups is 1. The average molecular weight is 400 g/mol. The second-order valence-electron chi connectivity index (χ2n) is 10.3. The fourth-order valence-corrected chi connectivity index (χ4v) is 7.10. The van der Waals surface area contributed by atoms with E-state index in [0.717, 1.165) is 45.9 Å². The van der Waals surface area contributed by atoms with Gasteiger partial charge in [-0.1, -0.05) is 18.2 Å². The Labute approximate surface area is 177 Å². The smallest absolute Gasteiger partial charge is 0.224 e. The second-order valence-corrected chi connectivity index (χ2v) is 10.3. The third-order valence-corrected chi connectivity index (χ3v) is 7.82. The lowest BCUT2D eigenvalue weighted by molar-refractivity contribution is -0.124. The number of amides is 1. The van der Waals surface area contributed by atoms with Gasteiger partial charge in [-0.05, 0) is 92.4 Å². The predicted octanol–water partition coefficient (Wildman–Crippen LogP) is 5.85. The maximum absolute atomic E-state index is 13.0. The summed E-state index contributed by atoms with van der Waals surface area (Å²) in [5.74, 6) is 2.82. The van der Waals surface area contributed by atoms with E-state index in [4.69, 9.17) is 4.98 Å². The van der Waals surface area contributed by atoms with Crippen molar-refractivity contribution in [3.8, 4) is 11.3 Å². The van der Waals surface area contributed by atoms with E-state index in [0.29, 0.717) is 6.42 Å². The Balaban J connectivity index is 1.20. The number of nitrogens with zero attached hydrogens (tertiary/aromatic N) is 2. The van der Waals surface area contributed by atoms with Crippen LogP contribution < -0.4 is 5.32 Å². The molecule has 4 fully saturated rings. The molecule has 2 heterocycles. The molecule has 4 heteroatoms. The molecule has 4 bridgehead atoms. The van der Waals surface area contributed by atoms with Gasteiger partial charge in [0.1, 0.15) is 5.65 Å². The van der Waals surface area contributed by atoms with Crippen LogP contribution in [0.4, 0.5) is 5.69 Å². The zero-order valence-electron chi connectivity index (χ0n) is 17.6. The number of hydrogen-bond acceptors (Lipinski definition) is 2. The summed E-state index contributed by atoms with van der Waals surface area (Å²) >= 11 is 0. The largest absolute Gasteiger partial charge is 0.326 e. The van der Waals surface area contributed by atoms with Crippen molar-refractivity contribution in [3.05, 3.63) is 54.4 Å². The van der Waals surface area contributed by atoms with Gasteiger partial charge in [0.05, 0.1) is 5.69 Å². The number of imidazole rings is 1. The van der Waals surface area contributed by atoms with E-state index in [-0.39, 0.29) is 11.3 Å². The molecular weight excluding hydrogens is 370 g/mol.